The SMILES string of the molecule is Cn1nncc1C(=S)C1=C(C(=O)O)N2C(=O)[C@@H](NC(=S)Cc3ncc(CC(N)C(=O)O)[nH]3)[C@@H]2SC1. The Morgan fingerprint density at radius 2 is 2.11 bits per heavy atom. The van der Waals surface area contributed by atoms with E-state index < -0.39 is 35.3 Å². The third-order valence-corrected chi connectivity index (χ3v) is 7.47. The summed E-state index contributed by atoms with van der Waals surface area (Å²) in [5, 5.41) is 28.9. The van der Waals surface area contributed by atoms with Crippen molar-refractivity contribution in [3.05, 3.63) is 40.9 Å². The van der Waals surface area contributed by atoms with Gasteiger partial charge in [-0.2, -0.15) is 0 Å². The summed E-state index contributed by atoms with van der Waals surface area (Å²) >= 11 is 12.2. The topological polar surface area (TPSA) is 192 Å². The molecule has 0 radical (unpaired) electrons. The number of H-pyrrole nitrogens is 1. The number of nitrogens with zero attached hydrogens (tertiary/aromatic N) is 5. The molecule has 3 atom stereocenters. The predicted molar refractivity (Wildman–Crippen MR) is 132 cm³/mol. The lowest BCUT2D eigenvalue weighted by Gasteiger charge is -2.49. The normalized spacial score (nSPS) is 20.2. The molecule has 35 heavy (non-hydrogen) atoms. The molecule has 2 aliphatic heterocycles. The van der Waals surface area contributed by atoms with Crippen molar-refractivity contribution in [1.29, 1.82) is 0 Å². The van der Waals surface area contributed by atoms with Crippen LogP contribution in [0.2, 0.25) is 0 Å². The summed E-state index contributed by atoms with van der Waals surface area (Å²) in [7, 11) is 1.65. The molecular formula is C19H20N8O5S3. The number of amides is 1. The molecule has 4 rings (SSSR count). The van der Waals surface area contributed by atoms with Crippen LogP contribution in [0.15, 0.2) is 23.7 Å². The smallest absolute Gasteiger partial charge is 0.353 e. The number of aromatic nitrogens is 5. The van der Waals surface area contributed by atoms with Crippen LogP contribution >= 0.6 is 36.2 Å². The maximum atomic E-state index is 12.9. The Bertz CT molecular complexity index is 1270. The van der Waals surface area contributed by atoms with Crippen LogP contribution in [0.5, 0.6) is 0 Å². The predicted octanol–water partition coefficient (Wildman–Crippen LogP) is -1.01. The zero-order chi connectivity index (χ0) is 25.4. The average molecular weight is 537 g/mol. The first-order chi connectivity index (χ1) is 16.6. The summed E-state index contributed by atoms with van der Waals surface area (Å²) in [4.78, 5) is 44.9. The second kappa shape index (κ2) is 9.80. The van der Waals surface area contributed by atoms with Gasteiger partial charge in [0.25, 0.3) is 5.91 Å². The first-order valence-corrected chi connectivity index (χ1v) is 12.1. The Balaban J connectivity index is 1.43. The number of thioether (sulfide) groups is 1. The van der Waals surface area contributed by atoms with Gasteiger partial charge in [-0.3, -0.25) is 14.5 Å². The highest BCUT2D eigenvalue weighted by molar-refractivity contribution is 8.00. The lowest BCUT2D eigenvalue weighted by atomic mass is 10.0. The van der Waals surface area contributed by atoms with Crippen LogP contribution < -0.4 is 11.1 Å². The van der Waals surface area contributed by atoms with Crippen LogP contribution in [0, 0.1) is 0 Å². The van der Waals surface area contributed by atoms with E-state index >= 15 is 0 Å². The minimum absolute atomic E-state index is 0.0840. The van der Waals surface area contributed by atoms with Gasteiger partial charge in [0.15, 0.2) is 0 Å². The minimum Gasteiger partial charge on any atom is -0.480 e. The van der Waals surface area contributed by atoms with Crippen molar-refractivity contribution in [3.63, 3.8) is 0 Å². The molecule has 0 spiro atoms. The maximum Gasteiger partial charge on any atom is 0.353 e. The Labute approximate surface area is 213 Å². The lowest BCUT2D eigenvalue weighted by molar-refractivity contribution is -0.148. The van der Waals surface area contributed by atoms with E-state index in [1.54, 1.807) is 7.05 Å². The van der Waals surface area contributed by atoms with E-state index in [0.717, 1.165) is 0 Å². The summed E-state index contributed by atoms with van der Waals surface area (Å²) in [5.74, 6) is -2.03. The van der Waals surface area contributed by atoms with Crippen molar-refractivity contribution in [3.8, 4) is 0 Å². The van der Waals surface area contributed by atoms with Crippen molar-refractivity contribution in [1.82, 2.24) is 35.2 Å². The van der Waals surface area contributed by atoms with Crippen LogP contribution in [-0.2, 0) is 34.3 Å². The highest BCUT2D eigenvalue weighted by atomic mass is 32.2. The van der Waals surface area contributed by atoms with Crippen molar-refractivity contribution >= 4 is 63.9 Å². The molecule has 4 heterocycles. The van der Waals surface area contributed by atoms with Crippen molar-refractivity contribution in [2.75, 3.05) is 5.75 Å². The number of β-lactam (4-membered cyclic amide) rings is 1. The van der Waals surface area contributed by atoms with Gasteiger partial charge in [0, 0.05) is 36.7 Å². The van der Waals surface area contributed by atoms with Gasteiger partial charge in [0.1, 0.15) is 29.0 Å². The average Bonchev–Trinajstić information content (AvgIpc) is 3.44. The maximum absolute atomic E-state index is 12.9. The highest BCUT2D eigenvalue weighted by Crippen LogP contribution is 2.41. The molecule has 1 unspecified atom stereocenters. The zero-order valence-electron chi connectivity index (χ0n) is 18.2. The summed E-state index contributed by atoms with van der Waals surface area (Å²) in [5.41, 5.74) is 6.77. The van der Waals surface area contributed by atoms with Gasteiger partial charge in [0.2, 0.25) is 0 Å². The molecule has 1 saturated heterocycles. The summed E-state index contributed by atoms with van der Waals surface area (Å²) in [6, 6.07) is -1.76. The Hall–Kier alpha value is -3.21. The van der Waals surface area contributed by atoms with Gasteiger partial charge < -0.3 is 26.2 Å². The molecule has 0 bridgehead atoms. The van der Waals surface area contributed by atoms with E-state index in [-0.39, 0.29) is 29.2 Å². The summed E-state index contributed by atoms with van der Waals surface area (Å²) < 4.78 is 1.45. The van der Waals surface area contributed by atoms with Crippen LogP contribution in [-0.4, -0.2) is 91.0 Å². The Morgan fingerprint density at radius 3 is 2.74 bits per heavy atom. The fraction of sp³-hybridized carbons (Fsp3) is 0.368. The van der Waals surface area contributed by atoms with E-state index in [4.69, 9.17) is 35.3 Å². The molecule has 2 aromatic heterocycles. The van der Waals surface area contributed by atoms with Gasteiger partial charge in [-0.25, -0.2) is 14.5 Å². The van der Waals surface area contributed by atoms with E-state index in [1.807, 2.05) is 0 Å². The minimum atomic E-state index is -1.25. The molecule has 1 amide bonds. The molecule has 0 aromatic carbocycles. The fourth-order valence-corrected chi connectivity index (χ4v) is 5.81. The number of hydrogen-bond donors (Lipinski definition) is 5. The third-order valence-electron chi connectivity index (χ3n) is 5.47. The van der Waals surface area contributed by atoms with E-state index in [2.05, 4.69) is 25.6 Å². The quantitative estimate of drug-likeness (QED) is 0.149. The number of carboxylic acid groups (broad SMARTS) is 2. The van der Waals surface area contributed by atoms with Crippen molar-refractivity contribution < 1.29 is 24.6 Å². The van der Waals surface area contributed by atoms with Gasteiger partial charge in [-0.15, -0.1) is 16.9 Å². The van der Waals surface area contributed by atoms with Crippen LogP contribution in [0.1, 0.15) is 17.2 Å². The molecule has 2 aromatic rings. The molecule has 13 nitrogen and oxygen atoms in total. The number of carbonyl (C=O) groups is 3. The van der Waals surface area contributed by atoms with Crippen molar-refractivity contribution in [2.24, 2.45) is 12.8 Å². The second-order valence-electron chi connectivity index (χ2n) is 7.84. The number of hydrogen-bond acceptors (Lipinski definition) is 10. The van der Waals surface area contributed by atoms with Crippen molar-refractivity contribution in [2.45, 2.75) is 30.3 Å². The largest absolute Gasteiger partial charge is 0.480 e. The number of aliphatic carboxylic acids is 2. The monoisotopic (exact) mass is 536 g/mol. The Morgan fingerprint density at radius 1 is 1.37 bits per heavy atom. The molecule has 2 aliphatic rings. The first-order valence-electron chi connectivity index (χ1n) is 10.2. The molecular weight excluding hydrogens is 516 g/mol. The second-order valence-corrected chi connectivity index (χ2v) is 9.85. The van der Waals surface area contributed by atoms with E-state index in [9.17, 15) is 19.5 Å². The molecule has 184 valence electrons. The number of aryl methyl sites for hydroxylation is 1. The molecule has 0 aliphatic carbocycles. The number of nitrogens with two attached hydrogens (primary N) is 1. The molecule has 1 fully saturated rings. The highest BCUT2D eigenvalue weighted by Gasteiger charge is 2.54. The number of rotatable bonds is 9. The standard InChI is InChI=1S/C19H20N8O5S3/c1-26-10(5-22-25-26)15(34)8-6-35-17-13(16(28)27(17)14(8)19(31)32)24-12(33)3-11-21-4-7(23-11)2-9(20)18(29)30/h4-5,9,13,17H,2-3,6,20H2,1H3,(H,21,23)(H,24,33)(H,29,30)(H,31,32)/t9?,13-,17+/m1/s1. The fourth-order valence-electron chi connectivity index (χ4n) is 3.74. The first kappa shape index (κ1) is 24.9. The molecule has 6 N–H and O–H groups in total. The number of imidazole rings is 1. The van der Waals surface area contributed by atoms with Crippen LogP contribution in [0.25, 0.3) is 0 Å². The lowest BCUT2D eigenvalue weighted by Crippen LogP contribution is -2.70. The number of aromatic amines is 1. The molecule has 0 saturated carbocycles. The number of carboxylic acids is 2. The van der Waals surface area contributed by atoms with Gasteiger partial charge in [0.05, 0.1) is 28.2 Å². The van der Waals surface area contributed by atoms with Crippen LogP contribution in [0.3, 0.4) is 0 Å². The number of nitrogens with one attached hydrogen (secondary N) is 2. The summed E-state index contributed by atoms with van der Waals surface area (Å²) in [6.07, 6.45) is 3.20. The summed E-state index contributed by atoms with van der Waals surface area (Å²) in [6.45, 7) is 0. The van der Waals surface area contributed by atoms with Gasteiger partial charge in [-0.05, 0) is 0 Å². The molecule has 16 heteroatoms. The number of thiocarbonyl (C=S) groups is 2. The van der Waals surface area contributed by atoms with Gasteiger partial charge in [-0.1, -0.05) is 29.6 Å². The number of fused-ring (bicyclic) bond motifs is 1. The Kier molecular flexibility index (Phi) is 6.98. The van der Waals surface area contributed by atoms with E-state index in [0.29, 0.717) is 27.8 Å². The third kappa shape index (κ3) is 4.82. The number of carbonyl (C=O) groups excluding carboxylic acids is 1. The van der Waals surface area contributed by atoms with Crippen LogP contribution in [0.4, 0.5) is 0 Å². The van der Waals surface area contributed by atoms with Gasteiger partial charge >= 0.3 is 11.9 Å². The zero-order valence-corrected chi connectivity index (χ0v) is 20.6. The van der Waals surface area contributed by atoms with E-state index in [1.165, 1.54) is 33.7 Å².